The van der Waals surface area contributed by atoms with Crippen molar-refractivity contribution in [2.45, 2.75) is 38.8 Å². The lowest BCUT2D eigenvalue weighted by Crippen LogP contribution is -2.53. The molecule has 2 heterocycles. The Bertz CT molecular complexity index is 731. The molecule has 1 aromatic carbocycles. The predicted molar refractivity (Wildman–Crippen MR) is 118 cm³/mol. The van der Waals surface area contributed by atoms with Gasteiger partial charge in [0.2, 0.25) is 11.8 Å². The molecular weight excluding hydrogens is 404 g/mol. The van der Waals surface area contributed by atoms with Gasteiger partial charge in [-0.3, -0.25) is 19.4 Å². The number of benzene rings is 1. The zero-order chi connectivity index (χ0) is 21.5. The van der Waals surface area contributed by atoms with Gasteiger partial charge in [0.15, 0.2) is 0 Å². The highest BCUT2D eigenvalue weighted by molar-refractivity contribution is 6.30. The number of likely N-dealkylation sites (tertiary alicyclic amines) is 1. The number of halogens is 1. The molecular formula is C22H33ClN4O3. The number of hydrogen-bond donors (Lipinski definition) is 1. The number of ether oxygens (including phenoxy) is 1. The topological polar surface area (TPSA) is 65.1 Å². The fourth-order valence-corrected chi connectivity index (χ4v) is 4.35. The molecule has 166 valence electrons. The van der Waals surface area contributed by atoms with Crippen LogP contribution >= 0.6 is 11.6 Å². The second-order valence-electron chi connectivity index (χ2n) is 8.18. The summed E-state index contributed by atoms with van der Waals surface area (Å²) in [6, 6.07) is 5.20. The first-order valence-corrected chi connectivity index (χ1v) is 11.2. The molecule has 0 bridgehead atoms. The van der Waals surface area contributed by atoms with E-state index in [0.717, 1.165) is 70.0 Å². The number of carbonyl (C=O) groups excluding carboxylic acids is 2. The molecule has 0 spiro atoms. The number of piperidine rings is 1. The minimum Gasteiger partial charge on any atom is -0.496 e. The van der Waals surface area contributed by atoms with Gasteiger partial charge < -0.3 is 15.0 Å². The number of carbonyl (C=O) groups is 2. The van der Waals surface area contributed by atoms with Crippen molar-refractivity contribution < 1.29 is 14.3 Å². The number of hydrogen-bond acceptors (Lipinski definition) is 5. The highest BCUT2D eigenvalue weighted by atomic mass is 35.5. The number of nitrogens with zero attached hydrogens (tertiary/aromatic N) is 3. The molecule has 2 aliphatic rings. The molecule has 3 rings (SSSR count). The lowest BCUT2D eigenvalue weighted by molar-refractivity contribution is -0.137. The highest BCUT2D eigenvalue weighted by Crippen LogP contribution is 2.24. The fourth-order valence-electron chi connectivity index (χ4n) is 4.16. The van der Waals surface area contributed by atoms with Crippen LogP contribution in [0.2, 0.25) is 5.02 Å². The Hall–Kier alpha value is -1.83. The zero-order valence-electron chi connectivity index (χ0n) is 18.0. The summed E-state index contributed by atoms with van der Waals surface area (Å²) in [5.74, 6) is 0.787. The molecule has 2 fully saturated rings. The third-order valence-corrected chi connectivity index (χ3v) is 6.12. The Morgan fingerprint density at radius 3 is 2.40 bits per heavy atom. The molecule has 1 aromatic rings. The second-order valence-corrected chi connectivity index (χ2v) is 8.62. The monoisotopic (exact) mass is 436 g/mol. The maximum Gasteiger partial charge on any atom is 0.244 e. The number of nitrogens with one attached hydrogen (secondary N) is 1. The zero-order valence-corrected chi connectivity index (χ0v) is 18.8. The summed E-state index contributed by atoms with van der Waals surface area (Å²) in [7, 11) is 1.67. The van der Waals surface area contributed by atoms with Crippen LogP contribution in [-0.2, 0) is 16.1 Å². The van der Waals surface area contributed by atoms with Gasteiger partial charge in [-0.2, -0.15) is 0 Å². The van der Waals surface area contributed by atoms with Crippen molar-refractivity contribution in [1.29, 1.82) is 0 Å². The Labute approximate surface area is 184 Å². The van der Waals surface area contributed by atoms with Gasteiger partial charge in [-0.1, -0.05) is 11.6 Å². The first-order valence-electron chi connectivity index (χ1n) is 10.8. The second kappa shape index (κ2) is 11.0. The molecule has 2 aliphatic heterocycles. The molecule has 7 nitrogen and oxygen atoms in total. The van der Waals surface area contributed by atoms with Crippen molar-refractivity contribution in [3.63, 3.8) is 0 Å². The molecule has 0 saturated carbocycles. The number of amides is 2. The molecule has 2 saturated heterocycles. The lowest BCUT2D eigenvalue weighted by Gasteiger charge is -2.35. The van der Waals surface area contributed by atoms with Crippen LogP contribution in [0.4, 0.5) is 0 Å². The maximum absolute atomic E-state index is 12.5. The predicted octanol–water partition coefficient (Wildman–Crippen LogP) is 1.98. The van der Waals surface area contributed by atoms with E-state index in [1.165, 1.54) is 6.42 Å². The van der Waals surface area contributed by atoms with E-state index < -0.39 is 6.04 Å². The standard InChI is InChI=1S/C22H33ClN4O3/c1-17(22(29)27-8-4-3-5-9-27)24-21(28)16-26-12-10-25(11-13-26)15-18-14-19(23)6-7-20(18)30-2/h6-7,14,17H,3-5,8-13,15-16H2,1-2H3,(H,24,28). The highest BCUT2D eigenvalue weighted by Gasteiger charge is 2.25. The number of piperazine rings is 1. The van der Waals surface area contributed by atoms with Gasteiger partial charge in [0.05, 0.1) is 13.7 Å². The van der Waals surface area contributed by atoms with Crippen LogP contribution in [0.3, 0.4) is 0 Å². The third kappa shape index (κ3) is 6.33. The average Bonchev–Trinajstić information content (AvgIpc) is 2.75. The molecule has 0 aromatic heterocycles. The van der Waals surface area contributed by atoms with Gasteiger partial charge in [-0.25, -0.2) is 0 Å². The van der Waals surface area contributed by atoms with Crippen LogP contribution in [0.5, 0.6) is 5.75 Å². The van der Waals surface area contributed by atoms with Crippen LogP contribution < -0.4 is 10.1 Å². The average molecular weight is 437 g/mol. The summed E-state index contributed by atoms with van der Waals surface area (Å²) in [6.07, 6.45) is 3.29. The fraction of sp³-hybridized carbons (Fsp3) is 0.636. The van der Waals surface area contributed by atoms with E-state index in [4.69, 9.17) is 16.3 Å². The summed E-state index contributed by atoms with van der Waals surface area (Å²) < 4.78 is 5.44. The quantitative estimate of drug-likeness (QED) is 0.708. The van der Waals surface area contributed by atoms with Crippen molar-refractivity contribution in [2.75, 3.05) is 52.9 Å². The smallest absolute Gasteiger partial charge is 0.244 e. The number of rotatable bonds is 7. The van der Waals surface area contributed by atoms with Crippen LogP contribution in [-0.4, -0.2) is 85.5 Å². The van der Waals surface area contributed by atoms with Crippen molar-refractivity contribution in [3.05, 3.63) is 28.8 Å². The summed E-state index contributed by atoms with van der Waals surface area (Å²) in [5, 5.41) is 3.58. The Kier molecular flexibility index (Phi) is 8.36. The normalized spacial score (nSPS) is 19.4. The van der Waals surface area contributed by atoms with E-state index in [9.17, 15) is 9.59 Å². The number of methoxy groups -OCH3 is 1. The van der Waals surface area contributed by atoms with Crippen molar-refractivity contribution in [3.8, 4) is 5.75 Å². The summed E-state index contributed by atoms with van der Waals surface area (Å²) in [6.45, 7) is 7.84. The summed E-state index contributed by atoms with van der Waals surface area (Å²) in [4.78, 5) is 31.3. The minimum atomic E-state index is -0.466. The van der Waals surface area contributed by atoms with E-state index in [0.29, 0.717) is 11.6 Å². The molecule has 2 amide bonds. The van der Waals surface area contributed by atoms with Gasteiger partial charge in [-0.05, 0) is 44.4 Å². The Morgan fingerprint density at radius 2 is 1.73 bits per heavy atom. The summed E-state index contributed by atoms with van der Waals surface area (Å²) in [5.41, 5.74) is 1.07. The molecule has 30 heavy (non-hydrogen) atoms. The third-order valence-electron chi connectivity index (χ3n) is 5.88. The Balaban J connectivity index is 1.41. The van der Waals surface area contributed by atoms with E-state index >= 15 is 0 Å². The molecule has 0 radical (unpaired) electrons. The van der Waals surface area contributed by atoms with E-state index in [-0.39, 0.29) is 11.8 Å². The van der Waals surface area contributed by atoms with E-state index in [2.05, 4.69) is 15.1 Å². The van der Waals surface area contributed by atoms with E-state index in [1.807, 2.05) is 23.1 Å². The van der Waals surface area contributed by atoms with Crippen molar-refractivity contribution >= 4 is 23.4 Å². The lowest BCUT2D eigenvalue weighted by atomic mass is 10.1. The first-order chi connectivity index (χ1) is 14.5. The van der Waals surface area contributed by atoms with Gasteiger partial charge in [0.1, 0.15) is 11.8 Å². The van der Waals surface area contributed by atoms with Gasteiger partial charge in [-0.15, -0.1) is 0 Å². The maximum atomic E-state index is 12.5. The van der Waals surface area contributed by atoms with Gasteiger partial charge in [0, 0.05) is 56.4 Å². The van der Waals surface area contributed by atoms with Crippen molar-refractivity contribution in [2.24, 2.45) is 0 Å². The largest absolute Gasteiger partial charge is 0.496 e. The van der Waals surface area contributed by atoms with Gasteiger partial charge >= 0.3 is 0 Å². The van der Waals surface area contributed by atoms with Crippen LogP contribution in [0.1, 0.15) is 31.7 Å². The van der Waals surface area contributed by atoms with E-state index in [1.54, 1.807) is 14.0 Å². The van der Waals surface area contributed by atoms with Crippen LogP contribution in [0.25, 0.3) is 0 Å². The van der Waals surface area contributed by atoms with Gasteiger partial charge in [0.25, 0.3) is 0 Å². The minimum absolute atomic E-state index is 0.0309. The molecule has 1 N–H and O–H groups in total. The SMILES string of the molecule is COc1ccc(Cl)cc1CN1CCN(CC(=O)NC(C)C(=O)N2CCCCC2)CC1. The molecule has 1 unspecified atom stereocenters. The first kappa shape index (κ1) is 22.8. The van der Waals surface area contributed by atoms with Crippen molar-refractivity contribution in [1.82, 2.24) is 20.0 Å². The summed E-state index contributed by atoms with van der Waals surface area (Å²) >= 11 is 6.13. The van der Waals surface area contributed by atoms with Crippen LogP contribution in [0, 0.1) is 0 Å². The molecule has 0 aliphatic carbocycles. The van der Waals surface area contributed by atoms with Crippen LogP contribution in [0.15, 0.2) is 18.2 Å². The molecule has 8 heteroatoms. The Morgan fingerprint density at radius 1 is 1.07 bits per heavy atom. The molecule has 1 atom stereocenters.